The van der Waals surface area contributed by atoms with Crippen molar-refractivity contribution in [1.82, 2.24) is 35.6 Å². The van der Waals surface area contributed by atoms with Gasteiger partial charge in [-0.15, -0.1) is 23.7 Å². The highest BCUT2D eigenvalue weighted by atomic mass is 35.5. The van der Waals surface area contributed by atoms with Gasteiger partial charge in [0.05, 0.1) is 34.3 Å². The molecule has 3 saturated heterocycles. The number of benzene rings is 2. The van der Waals surface area contributed by atoms with Crippen LogP contribution < -0.4 is 32.2 Å². The van der Waals surface area contributed by atoms with Crippen molar-refractivity contribution >= 4 is 65.1 Å². The molecule has 1 aromatic heterocycles. The predicted molar refractivity (Wildman–Crippen MR) is 267 cm³/mol. The number of thiazole rings is 1. The Morgan fingerprint density at radius 3 is 2.32 bits per heavy atom. The van der Waals surface area contributed by atoms with Crippen LogP contribution >= 0.6 is 23.7 Å². The Kier molecular flexibility index (Phi) is 19.5. The van der Waals surface area contributed by atoms with Crippen molar-refractivity contribution in [2.24, 2.45) is 16.9 Å². The van der Waals surface area contributed by atoms with Gasteiger partial charge in [-0.05, 0) is 80.5 Å². The number of amides is 7. The van der Waals surface area contributed by atoms with Crippen LogP contribution in [0.1, 0.15) is 109 Å². The number of primary amides is 1. The Hall–Kier alpha value is -5.70. The van der Waals surface area contributed by atoms with Crippen LogP contribution in [-0.4, -0.2) is 135 Å². The number of nitrogens with zero attached hydrogens (tertiary/aromatic N) is 4. The molecular weight excluding hydrogens is 957 g/mol. The number of hydrogen-bond acceptors (Lipinski definition) is 12. The number of carbonyl (C=O) groups is 7. The van der Waals surface area contributed by atoms with Gasteiger partial charge in [0.1, 0.15) is 30.8 Å². The molecule has 0 aliphatic carbocycles. The third-order valence-electron chi connectivity index (χ3n) is 13.5. The predicted octanol–water partition coefficient (Wildman–Crippen LogP) is 3.44. The highest BCUT2D eigenvalue weighted by Crippen LogP contribution is 2.32. The van der Waals surface area contributed by atoms with Crippen molar-refractivity contribution < 1.29 is 47.8 Å². The number of rotatable bonds is 18. The summed E-state index contributed by atoms with van der Waals surface area (Å²) in [5, 5.41) is 19.4. The molecule has 3 aromatic rings. The van der Waals surface area contributed by atoms with E-state index < -0.39 is 89.0 Å². The van der Waals surface area contributed by atoms with E-state index in [1.807, 2.05) is 38.1 Å². The quantitative estimate of drug-likeness (QED) is 0.108. The molecule has 0 bridgehead atoms. The standard InChI is InChI=1S/C50H68FN9O9S.ClH/c1-28(31-13-15-33(16-14-31)44-29(2)54-27-70-44)55-47(66)39-23-36(62)24-59(39)49(68)45(50(4,5)6)57-42(64)12-8-10-32-9-7-11-40(43(32)51)69-26-34(17-20-41(53)63)56-46(65)38-19-18-35-21-22-58(30(3)61)25-37(52)48(67)60(35)38;/h7,9,11,13-16,27-28,34-39,45,62H,8,10,12,17-26,52H2,1-6H3,(H2,53,63)(H,55,66)(H,56,65)(H,57,64);1H/t28-,34-,35+,36+,37-,38?,39-,45+;/m0./s1. The SMILES string of the molecule is CC(=O)N1CC[C@H]2CCC(C(=O)N[C@@H](CCC(N)=O)COc3cccc(CCCC(=O)N[C@H](C(=O)N4C[C@H](O)C[C@H]4C(=O)N[C@@H](C)c4ccc(-c5scnc5C)cc4)C(C)(C)C)c3F)N2C(=O)[C@@H](N)C1.Cl. The fraction of sp³-hybridized carbons (Fsp3) is 0.560. The minimum absolute atomic E-state index is 0. The normalized spacial score (nSPS) is 21.5. The molecular formula is C50H69ClFN9O9S. The maximum atomic E-state index is 15.9. The lowest BCUT2D eigenvalue weighted by atomic mass is 9.85. The number of hydrogen-bond donors (Lipinski definition) is 6. The van der Waals surface area contributed by atoms with Crippen LogP contribution in [0.15, 0.2) is 48.0 Å². The second kappa shape index (κ2) is 24.6. The average molecular weight is 1030 g/mol. The van der Waals surface area contributed by atoms with E-state index >= 15 is 4.39 Å². The van der Waals surface area contributed by atoms with Crippen molar-refractivity contribution in [2.45, 2.75) is 148 Å². The number of aromatic nitrogens is 1. The van der Waals surface area contributed by atoms with Gasteiger partial charge >= 0.3 is 0 Å². The van der Waals surface area contributed by atoms with Crippen LogP contribution in [0.25, 0.3) is 10.4 Å². The van der Waals surface area contributed by atoms with Gasteiger partial charge in [0.2, 0.25) is 41.4 Å². The molecule has 3 aliphatic heterocycles. The molecule has 0 spiro atoms. The first-order valence-corrected chi connectivity index (χ1v) is 24.9. The first-order valence-electron chi connectivity index (χ1n) is 24.0. The number of fused-ring (bicyclic) bond motifs is 1. The topological polar surface area (TPSA) is 260 Å². The van der Waals surface area contributed by atoms with Gasteiger partial charge in [-0.1, -0.05) is 57.2 Å². The lowest BCUT2D eigenvalue weighted by Gasteiger charge is -2.37. The molecule has 3 fully saturated rings. The highest BCUT2D eigenvalue weighted by Gasteiger charge is 2.46. The Balaban J connectivity index is 0.00000937. The third-order valence-corrected chi connectivity index (χ3v) is 14.4. The number of halogens is 2. The molecule has 71 heavy (non-hydrogen) atoms. The molecule has 6 rings (SSSR count). The summed E-state index contributed by atoms with van der Waals surface area (Å²) in [4.78, 5) is 102. The maximum Gasteiger partial charge on any atom is 0.246 e. The zero-order valence-corrected chi connectivity index (χ0v) is 42.9. The van der Waals surface area contributed by atoms with Gasteiger partial charge in [-0.3, -0.25) is 33.6 Å². The molecule has 1 unspecified atom stereocenters. The zero-order valence-electron chi connectivity index (χ0n) is 41.3. The Morgan fingerprint density at radius 2 is 1.68 bits per heavy atom. The lowest BCUT2D eigenvalue weighted by Crippen LogP contribution is -2.59. The fourth-order valence-electron chi connectivity index (χ4n) is 9.50. The summed E-state index contributed by atoms with van der Waals surface area (Å²) in [6.45, 7) is 10.7. The number of carbonyl (C=O) groups excluding carboxylic acids is 7. The summed E-state index contributed by atoms with van der Waals surface area (Å²) >= 11 is 1.55. The van der Waals surface area contributed by atoms with Gasteiger partial charge in [-0.25, -0.2) is 9.37 Å². The minimum atomic E-state index is -1.04. The second-order valence-electron chi connectivity index (χ2n) is 19.8. The van der Waals surface area contributed by atoms with Crippen LogP contribution in [0.5, 0.6) is 5.75 Å². The Bertz CT molecular complexity index is 2400. The molecule has 3 aliphatic rings. The summed E-state index contributed by atoms with van der Waals surface area (Å²) in [7, 11) is 0. The van der Waals surface area contributed by atoms with Gasteiger partial charge < -0.3 is 52.0 Å². The first kappa shape index (κ1) is 56.2. The summed E-state index contributed by atoms with van der Waals surface area (Å²) < 4.78 is 21.8. The summed E-state index contributed by atoms with van der Waals surface area (Å²) in [6.07, 6.45) is 0.777. The molecule has 2 aromatic carbocycles. The van der Waals surface area contributed by atoms with Crippen molar-refractivity contribution in [2.75, 3.05) is 26.2 Å². The van der Waals surface area contributed by atoms with E-state index in [4.69, 9.17) is 16.2 Å². The van der Waals surface area contributed by atoms with E-state index in [1.165, 1.54) is 22.8 Å². The number of aliphatic hydroxyl groups is 1. The zero-order chi connectivity index (χ0) is 51.0. The molecule has 18 nitrogen and oxygen atoms in total. The Labute approximate surface area is 424 Å². The lowest BCUT2D eigenvalue weighted by molar-refractivity contribution is -0.144. The smallest absolute Gasteiger partial charge is 0.246 e. The third kappa shape index (κ3) is 14.3. The number of nitrogens with one attached hydrogen (secondary N) is 3. The number of aryl methyl sites for hydroxylation is 2. The van der Waals surface area contributed by atoms with E-state index in [9.17, 15) is 38.7 Å². The van der Waals surface area contributed by atoms with Crippen LogP contribution in [0, 0.1) is 18.2 Å². The van der Waals surface area contributed by atoms with Crippen LogP contribution in [-0.2, 0) is 40.0 Å². The molecule has 4 heterocycles. The highest BCUT2D eigenvalue weighted by molar-refractivity contribution is 7.13. The molecule has 8 atom stereocenters. The van der Waals surface area contributed by atoms with Crippen LogP contribution in [0.3, 0.4) is 0 Å². The first-order chi connectivity index (χ1) is 33.1. The Morgan fingerprint density at radius 1 is 0.972 bits per heavy atom. The summed E-state index contributed by atoms with van der Waals surface area (Å²) in [5.74, 6) is -3.84. The van der Waals surface area contributed by atoms with Crippen LogP contribution in [0.4, 0.5) is 4.39 Å². The molecule has 8 N–H and O–H groups in total. The fourth-order valence-corrected chi connectivity index (χ4v) is 10.3. The van der Waals surface area contributed by atoms with E-state index in [1.54, 1.807) is 54.7 Å². The van der Waals surface area contributed by atoms with E-state index in [0.29, 0.717) is 25.8 Å². The number of ether oxygens (including phenoxy) is 1. The number of β-amino-alcohol motifs (C(OH)–C–C–N with tert-alkyl or cyclic N) is 1. The van der Waals surface area contributed by atoms with Gasteiger partial charge in [0.15, 0.2) is 11.6 Å². The molecule has 0 radical (unpaired) electrons. The largest absolute Gasteiger partial charge is 0.488 e. The number of likely N-dealkylation sites (tertiary alicyclic amines) is 1. The maximum absolute atomic E-state index is 15.9. The second-order valence-corrected chi connectivity index (χ2v) is 20.7. The molecule has 388 valence electrons. The molecule has 0 saturated carbocycles. The molecule has 21 heteroatoms. The molecule has 7 amide bonds. The minimum Gasteiger partial charge on any atom is -0.488 e. The van der Waals surface area contributed by atoms with Crippen molar-refractivity contribution in [3.8, 4) is 16.2 Å². The van der Waals surface area contributed by atoms with E-state index in [0.717, 1.165) is 21.7 Å². The monoisotopic (exact) mass is 1030 g/mol. The van der Waals surface area contributed by atoms with Crippen molar-refractivity contribution in [1.29, 1.82) is 0 Å². The van der Waals surface area contributed by atoms with E-state index in [-0.39, 0.29) is 93.9 Å². The van der Waals surface area contributed by atoms with Crippen molar-refractivity contribution in [3.63, 3.8) is 0 Å². The number of aliphatic hydroxyl groups excluding tert-OH is 1. The van der Waals surface area contributed by atoms with Gasteiger partial charge in [0, 0.05) is 51.9 Å². The average Bonchev–Trinajstić information content (AvgIpc) is 4.05. The van der Waals surface area contributed by atoms with Gasteiger partial charge in [-0.2, -0.15) is 0 Å². The van der Waals surface area contributed by atoms with Gasteiger partial charge in [0.25, 0.3) is 0 Å². The van der Waals surface area contributed by atoms with Crippen LogP contribution in [0.2, 0.25) is 0 Å². The summed E-state index contributed by atoms with van der Waals surface area (Å²) in [5.41, 5.74) is 15.7. The number of nitrogens with two attached hydrogens (primary N) is 2. The van der Waals surface area contributed by atoms with Crippen molar-refractivity contribution in [3.05, 3.63) is 70.6 Å². The van der Waals surface area contributed by atoms with E-state index in [2.05, 4.69) is 20.9 Å². The summed E-state index contributed by atoms with van der Waals surface area (Å²) in [6, 6.07) is 7.10.